The Bertz CT molecular complexity index is 959. The number of benzene rings is 1. The third-order valence-corrected chi connectivity index (χ3v) is 6.47. The van der Waals surface area contributed by atoms with E-state index in [1.165, 1.54) is 0 Å². The Morgan fingerprint density at radius 3 is 2.08 bits per heavy atom. The first-order chi connectivity index (χ1) is 17.6. The molecule has 0 spiro atoms. The molecule has 0 aliphatic heterocycles. The predicted octanol–water partition coefficient (Wildman–Crippen LogP) is 2.65. The highest BCUT2D eigenvalue weighted by atomic mass is 28.3. The smallest absolute Gasteiger partial charge is 0.408 e. The fourth-order valence-corrected chi connectivity index (χ4v) is 3.50. The Balaban J connectivity index is 2.76. The monoisotopic (exact) mass is 553 g/mol. The van der Waals surface area contributed by atoms with Gasteiger partial charge < -0.3 is 35.3 Å². The maximum Gasteiger partial charge on any atom is 0.408 e. The van der Waals surface area contributed by atoms with Gasteiger partial charge in [0.25, 0.3) is 0 Å². The standard InChI is InChI=1S/C25H39N3O9Si/c1-25(2,3)37-24(34)27-18(21(30)31)14-20(29)26-15-19(22(32)35-12-13-38(4,5)6)28-23(33)36-16-17-10-8-7-9-11-17/h7-11,18-19H,12-16H2,1-6H3,(H,26,29)(H,27,34)(H,28,33)(H,30,31)/t18-,19+/m0/s1. The van der Waals surface area contributed by atoms with Gasteiger partial charge in [-0.05, 0) is 32.4 Å². The molecule has 0 aromatic heterocycles. The summed E-state index contributed by atoms with van der Waals surface area (Å²) in [6.07, 6.45) is -2.53. The summed E-state index contributed by atoms with van der Waals surface area (Å²) < 4.78 is 15.5. The molecule has 0 bridgehead atoms. The van der Waals surface area contributed by atoms with Crippen molar-refractivity contribution in [1.29, 1.82) is 0 Å². The lowest BCUT2D eigenvalue weighted by atomic mass is 10.2. The fraction of sp³-hybridized carbons (Fsp3) is 0.560. The third kappa shape index (κ3) is 14.8. The van der Waals surface area contributed by atoms with Gasteiger partial charge in [-0.2, -0.15) is 0 Å². The van der Waals surface area contributed by atoms with Crippen LogP contribution in [0.1, 0.15) is 32.8 Å². The second kappa shape index (κ2) is 15.0. The van der Waals surface area contributed by atoms with Gasteiger partial charge in [0, 0.05) is 14.6 Å². The molecule has 1 rings (SSSR count). The van der Waals surface area contributed by atoms with Crippen LogP contribution in [0.2, 0.25) is 25.7 Å². The molecule has 0 heterocycles. The number of nitrogens with one attached hydrogen (secondary N) is 3. The van der Waals surface area contributed by atoms with E-state index in [0.29, 0.717) is 6.04 Å². The van der Waals surface area contributed by atoms with Crippen LogP contribution in [-0.2, 0) is 35.2 Å². The number of carboxylic acids is 1. The highest BCUT2D eigenvalue weighted by molar-refractivity contribution is 6.76. The first-order valence-corrected chi connectivity index (χ1v) is 15.9. The lowest BCUT2D eigenvalue weighted by molar-refractivity contribution is -0.146. The zero-order valence-corrected chi connectivity index (χ0v) is 23.8. The number of carbonyl (C=O) groups is 5. The second-order valence-electron chi connectivity index (χ2n) is 10.8. The van der Waals surface area contributed by atoms with Gasteiger partial charge in [0.2, 0.25) is 5.91 Å². The molecule has 0 saturated heterocycles. The summed E-state index contributed by atoms with van der Waals surface area (Å²) >= 11 is 0. The van der Waals surface area contributed by atoms with E-state index in [9.17, 15) is 29.1 Å². The molecule has 4 N–H and O–H groups in total. The van der Waals surface area contributed by atoms with E-state index in [1.807, 2.05) is 6.07 Å². The van der Waals surface area contributed by atoms with Crippen molar-refractivity contribution >= 4 is 38.1 Å². The van der Waals surface area contributed by atoms with Crippen LogP contribution in [-0.4, -0.2) is 74.0 Å². The molecule has 2 atom stereocenters. The summed E-state index contributed by atoms with van der Waals surface area (Å²) in [4.78, 5) is 60.9. The van der Waals surface area contributed by atoms with Gasteiger partial charge in [-0.25, -0.2) is 19.2 Å². The summed E-state index contributed by atoms with van der Waals surface area (Å²) in [6, 6.07) is 6.75. The van der Waals surface area contributed by atoms with E-state index in [-0.39, 0.29) is 19.8 Å². The zero-order valence-electron chi connectivity index (χ0n) is 22.8. The average molecular weight is 554 g/mol. The summed E-state index contributed by atoms with van der Waals surface area (Å²) in [5.41, 5.74) is -0.124. The Morgan fingerprint density at radius 2 is 1.53 bits per heavy atom. The number of hydrogen-bond acceptors (Lipinski definition) is 8. The van der Waals surface area contributed by atoms with Crippen molar-refractivity contribution in [2.75, 3.05) is 13.2 Å². The van der Waals surface area contributed by atoms with Crippen LogP contribution in [0.4, 0.5) is 9.59 Å². The number of esters is 1. The molecule has 0 aliphatic carbocycles. The molecule has 1 aromatic carbocycles. The minimum atomic E-state index is -1.57. The van der Waals surface area contributed by atoms with Gasteiger partial charge in [0.1, 0.15) is 24.3 Å². The Kier molecular flexibility index (Phi) is 12.8. The maximum atomic E-state index is 12.7. The third-order valence-electron chi connectivity index (χ3n) is 4.77. The van der Waals surface area contributed by atoms with E-state index in [2.05, 4.69) is 35.6 Å². The SMILES string of the molecule is CC(C)(C)OC(=O)N[C@@H](CC(=O)NC[C@@H](NC(=O)OCc1ccccc1)C(=O)OCC[Si](C)(C)C)C(=O)O. The molecule has 212 valence electrons. The maximum absolute atomic E-state index is 12.7. The zero-order chi connectivity index (χ0) is 28.9. The molecule has 3 amide bonds. The van der Waals surface area contributed by atoms with E-state index >= 15 is 0 Å². The van der Waals surface area contributed by atoms with Crippen LogP contribution in [0, 0.1) is 0 Å². The van der Waals surface area contributed by atoms with E-state index in [0.717, 1.165) is 5.56 Å². The first-order valence-electron chi connectivity index (χ1n) is 12.2. The molecule has 0 aliphatic rings. The number of alkyl carbamates (subject to hydrolysis) is 2. The predicted molar refractivity (Wildman–Crippen MR) is 141 cm³/mol. The molecular weight excluding hydrogens is 514 g/mol. The lowest BCUT2D eigenvalue weighted by Gasteiger charge is -2.22. The number of aliphatic carboxylic acids is 1. The number of amides is 3. The number of carbonyl (C=O) groups excluding carboxylic acids is 4. The second-order valence-corrected chi connectivity index (χ2v) is 16.4. The normalized spacial score (nSPS) is 12.9. The van der Waals surface area contributed by atoms with Crippen LogP contribution in [0.3, 0.4) is 0 Å². The molecule has 13 heteroatoms. The van der Waals surface area contributed by atoms with E-state index in [1.54, 1.807) is 45.0 Å². The Morgan fingerprint density at radius 1 is 0.921 bits per heavy atom. The summed E-state index contributed by atoms with van der Waals surface area (Å²) in [6.45, 7) is 10.9. The van der Waals surface area contributed by atoms with Crippen molar-refractivity contribution in [3.63, 3.8) is 0 Å². The number of ether oxygens (including phenoxy) is 3. The highest BCUT2D eigenvalue weighted by Gasteiger charge is 2.28. The summed E-state index contributed by atoms with van der Waals surface area (Å²) in [7, 11) is -1.49. The van der Waals surface area contributed by atoms with Crippen molar-refractivity contribution in [2.24, 2.45) is 0 Å². The van der Waals surface area contributed by atoms with Gasteiger partial charge in [-0.3, -0.25) is 4.79 Å². The quantitative estimate of drug-likeness (QED) is 0.163. The van der Waals surface area contributed by atoms with Gasteiger partial charge in [-0.1, -0.05) is 50.0 Å². The largest absolute Gasteiger partial charge is 0.480 e. The molecule has 0 fully saturated rings. The van der Waals surface area contributed by atoms with Crippen LogP contribution in [0.5, 0.6) is 0 Å². The van der Waals surface area contributed by atoms with Gasteiger partial charge in [0.15, 0.2) is 0 Å². The molecule has 38 heavy (non-hydrogen) atoms. The van der Waals surface area contributed by atoms with Crippen LogP contribution >= 0.6 is 0 Å². The van der Waals surface area contributed by atoms with E-state index in [4.69, 9.17) is 14.2 Å². The lowest BCUT2D eigenvalue weighted by Crippen LogP contribution is -2.51. The Hall–Kier alpha value is -3.61. The Labute approximate surface area is 223 Å². The molecule has 0 saturated carbocycles. The van der Waals surface area contributed by atoms with E-state index < -0.39 is 62.2 Å². The van der Waals surface area contributed by atoms with Gasteiger partial charge >= 0.3 is 24.1 Å². The summed E-state index contributed by atoms with van der Waals surface area (Å²) in [5.74, 6) is -3.01. The van der Waals surface area contributed by atoms with Gasteiger partial charge in [-0.15, -0.1) is 0 Å². The van der Waals surface area contributed by atoms with Crippen molar-refractivity contribution < 1.29 is 43.3 Å². The topological polar surface area (TPSA) is 169 Å². The van der Waals surface area contributed by atoms with Crippen molar-refractivity contribution in [3.8, 4) is 0 Å². The molecule has 0 unspecified atom stereocenters. The number of carboxylic acid groups (broad SMARTS) is 1. The fourth-order valence-electron chi connectivity index (χ4n) is 2.78. The van der Waals surface area contributed by atoms with Crippen molar-refractivity contribution in [1.82, 2.24) is 16.0 Å². The van der Waals surface area contributed by atoms with Gasteiger partial charge in [0.05, 0.1) is 13.0 Å². The summed E-state index contributed by atoms with van der Waals surface area (Å²) in [5, 5.41) is 16.3. The van der Waals surface area contributed by atoms with Crippen LogP contribution < -0.4 is 16.0 Å². The number of hydrogen-bond donors (Lipinski definition) is 4. The van der Waals surface area contributed by atoms with Crippen LogP contribution in [0.15, 0.2) is 30.3 Å². The van der Waals surface area contributed by atoms with Crippen molar-refractivity contribution in [2.45, 2.75) is 77.2 Å². The molecular formula is C25H39N3O9Si. The molecule has 12 nitrogen and oxygen atoms in total. The minimum absolute atomic E-state index is 0.0347. The van der Waals surface area contributed by atoms with Crippen molar-refractivity contribution in [3.05, 3.63) is 35.9 Å². The van der Waals surface area contributed by atoms with Crippen LogP contribution in [0.25, 0.3) is 0 Å². The first kappa shape index (κ1) is 32.4. The minimum Gasteiger partial charge on any atom is -0.480 e. The highest BCUT2D eigenvalue weighted by Crippen LogP contribution is 2.09. The average Bonchev–Trinajstić information content (AvgIpc) is 2.78. The number of rotatable bonds is 13. The molecule has 0 radical (unpaired) electrons. The molecule has 1 aromatic rings.